The van der Waals surface area contributed by atoms with Gasteiger partial charge in [0.15, 0.2) is 5.82 Å². The highest BCUT2D eigenvalue weighted by atomic mass is 32.2. The van der Waals surface area contributed by atoms with E-state index in [2.05, 4.69) is 19.9 Å². The standard InChI is InChI=1S/C18H26N6O4S/c1-12(2)29(26,27)23-6-4-14(5-7-23)17-20-19-16-10-22(8-9-24(16)17)18(25)15-11-28-21-13(15)3/h11-12,14H,4-10H2,1-3H3. The number of aryl methyl sites for hydroxylation is 1. The number of fused-ring (bicyclic) bond motifs is 1. The van der Waals surface area contributed by atoms with E-state index in [1.807, 2.05) is 0 Å². The van der Waals surface area contributed by atoms with Crippen LogP contribution in [0.2, 0.25) is 0 Å². The van der Waals surface area contributed by atoms with E-state index in [1.54, 1.807) is 30.0 Å². The number of hydrogen-bond donors (Lipinski definition) is 0. The first-order valence-electron chi connectivity index (χ1n) is 9.90. The average molecular weight is 423 g/mol. The van der Waals surface area contributed by atoms with E-state index in [-0.39, 0.29) is 11.8 Å². The summed E-state index contributed by atoms with van der Waals surface area (Å²) in [4.78, 5) is 14.4. The van der Waals surface area contributed by atoms with Crippen molar-refractivity contribution in [1.29, 1.82) is 0 Å². The van der Waals surface area contributed by atoms with Crippen molar-refractivity contribution in [1.82, 2.24) is 29.1 Å². The van der Waals surface area contributed by atoms with Crippen molar-refractivity contribution in [3.63, 3.8) is 0 Å². The van der Waals surface area contributed by atoms with E-state index in [1.165, 1.54) is 6.26 Å². The molecule has 2 aliphatic rings. The number of nitrogens with zero attached hydrogens (tertiary/aromatic N) is 6. The van der Waals surface area contributed by atoms with Crippen LogP contribution >= 0.6 is 0 Å². The molecule has 158 valence electrons. The van der Waals surface area contributed by atoms with Crippen LogP contribution in [0.15, 0.2) is 10.8 Å². The second-order valence-electron chi connectivity index (χ2n) is 7.93. The molecule has 0 spiro atoms. The fourth-order valence-electron chi connectivity index (χ4n) is 3.99. The van der Waals surface area contributed by atoms with Crippen molar-refractivity contribution in [2.45, 2.75) is 57.9 Å². The molecule has 4 rings (SSSR count). The Kier molecular flexibility index (Phi) is 5.19. The molecule has 2 aliphatic heterocycles. The average Bonchev–Trinajstić information content (AvgIpc) is 3.33. The monoisotopic (exact) mass is 422 g/mol. The number of piperidine rings is 1. The predicted molar refractivity (Wildman–Crippen MR) is 104 cm³/mol. The highest BCUT2D eigenvalue weighted by Crippen LogP contribution is 2.30. The number of amides is 1. The van der Waals surface area contributed by atoms with Gasteiger partial charge in [0.1, 0.15) is 17.7 Å². The lowest BCUT2D eigenvalue weighted by Crippen LogP contribution is -2.42. The zero-order valence-electron chi connectivity index (χ0n) is 16.9. The summed E-state index contributed by atoms with van der Waals surface area (Å²) in [6, 6.07) is 0. The van der Waals surface area contributed by atoms with E-state index < -0.39 is 15.3 Å². The SMILES string of the molecule is Cc1nocc1C(=O)N1CCn2c(nnc2C2CCN(S(=O)(=O)C(C)C)CC2)C1. The summed E-state index contributed by atoms with van der Waals surface area (Å²) in [7, 11) is -3.22. The molecule has 11 heteroatoms. The first kappa shape index (κ1) is 20.0. The largest absolute Gasteiger partial charge is 0.364 e. The van der Waals surface area contributed by atoms with Gasteiger partial charge in [-0.1, -0.05) is 5.16 Å². The van der Waals surface area contributed by atoms with E-state index in [0.717, 1.165) is 24.5 Å². The van der Waals surface area contributed by atoms with Gasteiger partial charge in [0, 0.05) is 32.1 Å². The van der Waals surface area contributed by atoms with Gasteiger partial charge in [-0.25, -0.2) is 12.7 Å². The molecular weight excluding hydrogens is 396 g/mol. The lowest BCUT2D eigenvalue weighted by molar-refractivity contribution is 0.0704. The summed E-state index contributed by atoms with van der Waals surface area (Å²) >= 11 is 0. The Morgan fingerprint density at radius 1 is 1.17 bits per heavy atom. The second-order valence-corrected chi connectivity index (χ2v) is 10.4. The Balaban J connectivity index is 1.44. The van der Waals surface area contributed by atoms with Crippen LogP contribution in [-0.2, 0) is 23.1 Å². The minimum absolute atomic E-state index is 0.119. The fraction of sp³-hybridized carbons (Fsp3) is 0.667. The molecular formula is C18H26N6O4S. The van der Waals surface area contributed by atoms with Crippen molar-refractivity contribution in [2.24, 2.45) is 0 Å². The zero-order chi connectivity index (χ0) is 20.8. The summed E-state index contributed by atoms with van der Waals surface area (Å²) in [6.07, 6.45) is 2.83. The lowest BCUT2D eigenvalue weighted by atomic mass is 9.97. The van der Waals surface area contributed by atoms with Gasteiger partial charge < -0.3 is 14.0 Å². The number of rotatable bonds is 4. The first-order chi connectivity index (χ1) is 13.8. The maximum Gasteiger partial charge on any atom is 0.259 e. The molecule has 0 aromatic carbocycles. The van der Waals surface area contributed by atoms with E-state index in [9.17, 15) is 13.2 Å². The number of carbonyl (C=O) groups excluding carboxylic acids is 1. The molecule has 29 heavy (non-hydrogen) atoms. The molecule has 1 fully saturated rings. The maximum atomic E-state index is 12.7. The third-order valence-electron chi connectivity index (χ3n) is 5.82. The van der Waals surface area contributed by atoms with Crippen molar-refractivity contribution in [3.8, 4) is 0 Å². The Bertz CT molecular complexity index is 1000. The zero-order valence-corrected chi connectivity index (χ0v) is 17.7. The molecule has 2 aromatic rings. The van der Waals surface area contributed by atoms with Gasteiger partial charge in [-0.05, 0) is 33.6 Å². The van der Waals surface area contributed by atoms with Crippen molar-refractivity contribution >= 4 is 15.9 Å². The number of carbonyl (C=O) groups is 1. The smallest absolute Gasteiger partial charge is 0.259 e. The van der Waals surface area contributed by atoms with Crippen LogP contribution in [0.5, 0.6) is 0 Å². The first-order valence-corrected chi connectivity index (χ1v) is 11.4. The molecule has 0 unspecified atom stereocenters. The van der Waals surface area contributed by atoms with Crippen LogP contribution in [0, 0.1) is 6.92 Å². The highest BCUT2D eigenvalue weighted by molar-refractivity contribution is 7.89. The van der Waals surface area contributed by atoms with Crippen LogP contribution < -0.4 is 0 Å². The minimum atomic E-state index is -3.22. The van der Waals surface area contributed by atoms with Gasteiger partial charge in [0.25, 0.3) is 5.91 Å². The molecule has 0 N–H and O–H groups in total. The summed E-state index contributed by atoms with van der Waals surface area (Å²) < 4.78 is 33.3. The van der Waals surface area contributed by atoms with Crippen LogP contribution in [0.25, 0.3) is 0 Å². The molecule has 2 aromatic heterocycles. The molecule has 0 radical (unpaired) electrons. The van der Waals surface area contributed by atoms with Gasteiger partial charge in [0.2, 0.25) is 10.0 Å². The van der Waals surface area contributed by atoms with Crippen molar-refractivity contribution in [2.75, 3.05) is 19.6 Å². The number of aromatic nitrogens is 4. The predicted octanol–water partition coefficient (Wildman–Crippen LogP) is 1.15. The van der Waals surface area contributed by atoms with Crippen LogP contribution in [0.4, 0.5) is 0 Å². The minimum Gasteiger partial charge on any atom is -0.364 e. The molecule has 0 saturated carbocycles. The fourth-order valence-corrected chi connectivity index (χ4v) is 5.31. The summed E-state index contributed by atoms with van der Waals surface area (Å²) in [5.41, 5.74) is 1.04. The van der Waals surface area contributed by atoms with E-state index in [4.69, 9.17) is 4.52 Å². The normalized spacial score (nSPS) is 19.0. The topological polar surface area (TPSA) is 114 Å². The summed E-state index contributed by atoms with van der Waals surface area (Å²) in [6.45, 7) is 7.74. The van der Waals surface area contributed by atoms with Gasteiger partial charge in [-0.15, -0.1) is 10.2 Å². The highest BCUT2D eigenvalue weighted by Gasteiger charge is 2.34. The van der Waals surface area contributed by atoms with Gasteiger partial charge in [-0.2, -0.15) is 0 Å². The van der Waals surface area contributed by atoms with Crippen molar-refractivity contribution in [3.05, 3.63) is 29.2 Å². The third-order valence-corrected chi connectivity index (χ3v) is 8.10. The van der Waals surface area contributed by atoms with Crippen LogP contribution in [0.3, 0.4) is 0 Å². The molecule has 1 saturated heterocycles. The Morgan fingerprint density at radius 2 is 1.90 bits per heavy atom. The summed E-state index contributed by atoms with van der Waals surface area (Å²) in [5, 5.41) is 12.1. The van der Waals surface area contributed by atoms with E-state index in [0.29, 0.717) is 44.0 Å². The molecule has 0 atom stereocenters. The molecule has 4 heterocycles. The second kappa shape index (κ2) is 7.52. The quantitative estimate of drug-likeness (QED) is 0.726. The molecule has 0 aliphatic carbocycles. The third kappa shape index (κ3) is 3.57. The lowest BCUT2D eigenvalue weighted by Gasteiger charge is -2.33. The molecule has 0 bridgehead atoms. The Hall–Kier alpha value is -2.27. The van der Waals surface area contributed by atoms with Gasteiger partial charge in [0.05, 0.1) is 17.5 Å². The molecule has 1 amide bonds. The van der Waals surface area contributed by atoms with Crippen LogP contribution in [0.1, 0.15) is 60.3 Å². The number of hydrogen-bond acceptors (Lipinski definition) is 7. The maximum absolute atomic E-state index is 12.7. The van der Waals surface area contributed by atoms with Crippen molar-refractivity contribution < 1.29 is 17.7 Å². The van der Waals surface area contributed by atoms with Gasteiger partial charge in [-0.3, -0.25) is 4.79 Å². The summed E-state index contributed by atoms with van der Waals surface area (Å²) in [5.74, 6) is 1.71. The van der Waals surface area contributed by atoms with Gasteiger partial charge >= 0.3 is 0 Å². The number of sulfonamides is 1. The van der Waals surface area contributed by atoms with Crippen LogP contribution in [-0.4, -0.2) is 68.3 Å². The van der Waals surface area contributed by atoms with E-state index >= 15 is 0 Å². The molecule has 10 nitrogen and oxygen atoms in total. The Morgan fingerprint density at radius 3 is 2.52 bits per heavy atom. The Labute approximate surface area is 169 Å².